The zero-order valence-electron chi connectivity index (χ0n) is 50.7. The Morgan fingerprint density at radius 1 is 0.407 bits per heavy atom. The molecule has 0 saturated carbocycles. The predicted octanol–water partition coefficient (Wildman–Crippen LogP) is 21.6. The van der Waals surface area contributed by atoms with Crippen molar-refractivity contribution in [1.29, 1.82) is 0 Å². The second-order valence-corrected chi connectivity index (χ2v) is 25.8. The topological polar surface area (TPSA) is 138 Å². The largest absolute Gasteiger partial charge is 0.481 e. The Bertz CT molecular complexity index is 2490. The second-order valence-electron chi connectivity index (χ2n) is 24.5. The number of ether oxygens (including phenoxy) is 1. The fraction of sp³-hybridized carbons (Fsp3) is 0.694. The highest BCUT2D eigenvalue weighted by Crippen LogP contribution is 2.53. The van der Waals surface area contributed by atoms with E-state index in [4.69, 9.17) is 4.74 Å². The highest BCUT2D eigenvalue weighted by atomic mass is 79.9. The molecular weight excluding hydrogens is 1070 g/mol. The Morgan fingerprint density at radius 2 is 0.728 bits per heavy atom. The van der Waals surface area contributed by atoms with Gasteiger partial charge in [0.15, 0.2) is 4.32 Å². The highest BCUT2D eigenvalue weighted by molar-refractivity contribution is 9.10. The van der Waals surface area contributed by atoms with Crippen molar-refractivity contribution in [3.8, 4) is 0 Å². The molecule has 0 aromatic heterocycles. The first-order valence-electron chi connectivity index (χ1n) is 33.6. The number of hydrogen-bond acceptors (Lipinski definition) is 5. The molecule has 452 valence electrons. The molecule has 0 bridgehead atoms. The van der Waals surface area contributed by atoms with Crippen LogP contribution in [0.2, 0.25) is 0 Å². The van der Waals surface area contributed by atoms with Crippen molar-refractivity contribution in [2.45, 2.75) is 307 Å². The van der Waals surface area contributed by atoms with Gasteiger partial charge < -0.3 is 20.1 Å². The summed E-state index contributed by atoms with van der Waals surface area (Å²) in [6.07, 6.45) is 63.1. The lowest BCUT2D eigenvalue weighted by molar-refractivity contribution is -0.154. The van der Waals surface area contributed by atoms with E-state index in [1.54, 1.807) is 18.2 Å². The summed E-state index contributed by atoms with van der Waals surface area (Å²) >= 11 is 3.54. The Hall–Kier alpha value is -3.98. The molecule has 0 radical (unpaired) electrons. The van der Waals surface area contributed by atoms with E-state index in [2.05, 4.69) is 22.9 Å². The summed E-state index contributed by atoms with van der Waals surface area (Å²) in [6, 6.07) is 14.0. The van der Waals surface area contributed by atoms with Crippen molar-refractivity contribution in [2.75, 3.05) is 6.61 Å². The van der Waals surface area contributed by atoms with Gasteiger partial charge in [0.25, 0.3) is 0 Å². The molecule has 0 fully saturated rings. The van der Waals surface area contributed by atoms with Crippen molar-refractivity contribution in [3.63, 3.8) is 0 Å². The summed E-state index contributed by atoms with van der Waals surface area (Å²) in [5, 5.41) is 35.0. The minimum absolute atomic E-state index is 0.0453. The number of halogens is 1. The van der Waals surface area contributed by atoms with Crippen LogP contribution in [0, 0.1) is 5.92 Å². The Balaban J connectivity index is 0.780. The lowest BCUT2D eigenvalue weighted by atomic mass is 9.70. The highest BCUT2D eigenvalue weighted by Gasteiger charge is 2.57. The van der Waals surface area contributed by atoms with E-state index >= 15 is 0 Å². The molecule has 0 aliphatic heterocycles. The molecule has 0 amide bonds. The number of esters is 1. The number of benzene rings is 4. The summed E-state index contributed by atoms with van der Waals surface area (Å²) < 4.78 is 3.70. The zero-order chi connectivity index (χ0) is 57.8. The second kappa shape index (κ2) is 40.3. The quantitative estimate of drug-likeness (QED) is 0.0131. The van der Waals surface area contributed by atoms with Gasteiger partial charge in [0.1, 0.15) is 5.92 Å². The van der Waals surface area contributed by atoms with Crippen molar-refractivity contribution >= 4 is 77.7 Å². The van der Waals surface area contributed by atoms with Gasteiger partial charge in [0, 0.05) is 5.22 Å². The van der Waals surface area contributed by atoms with Crippen LogP contribution in [0.4, 0.5) is 0 Å². The smallest absolute Gasteiger partial charge is 0.336 e. The molecule has 8 nitrogen and oxygen atoms in total. The molecule has 2 unspecified atom stereocenters. The van der Waals surface area contributed by atoms with E-state index in [0.29, 0.717) is 17.2 Å². The van der Waals surface area contributed by atoms with Gasteiger partial charge in [-0.05, 0) is 50.4 Å². The molecule has 9 heteroatoms. The third kappa shape index (κ3) is 22.5. The Labute approximate surface area is 498 Å². The molecule has 4 aromatic rings. The molecule has 1 aliphatic rings. The maximum Gasteiger partial charge on any atom is 0.336 e. The van der Waals surface area contributed by atoms with Gasteiger partial charge in [-0.15, -0.1) is 0 Å². The molecule has 0 heterocycles. The van der Waals surface area contributed by atoms with Gasteiger partial charge in [-0.1, -0.05) is 354 Å². The van der Waals surface area contributed by atoms with Crippen LogP contribution in [-0.2, 0) is 23.4 Å². The number of alkyl halides is 1. The van der Waals surface area contributed by atoms with E-state index < -0.39 is 39.7 Å². The standard InChI is InChI=1S/C72H109BrO8/c1-2-3-4-5-6-7-8-9-10-11-12-13-14-15-16-17-18-19-20-21-22-23-24-25-26-27-28-29-30-31-32-33-34-35-36-37-38-39-40-41-42-43-44-45-46-47-56-81-71(80)72(73)66-60-53-49-51-57-50-48-52-58(62(57)60)59-54-55-61(68(74)75)63(64(59)66)65(69(76)77)67(72)70(78)79/h48-55,67H,2-47,56H2,1H3,(H,74,75)(H,76,77)(H,78,79). The van der Waals surface area contributed by atoms with Crippen LogP contribution in [0.1, 0.15) is 318 Å². The van der Waals surface area contributed by atoms with E-state index in [9.17, 15) is 34.5 Å². The monoisotopic (exact) mass is 1180 g/mol. The van der Waals surface area contributed by atoms with Gasteiger partial charge in [-0.2, -0.15) is 0 Å². The van der Waals surface area contributed by atoms with E-state index in [1.807, 2.05) is 24.3 Å². The van der Waals surface area contributed by atoms with Crippen LogP contribution in [0.5, 0.6) is 0 Å². The number of carboxylic acid groups (broad SMARTS) is 3. The molecule has 5 rings (SSSR count). The molecule has 4 aromatic carbocycles. The van der Waals surface area contributed by atoms with E-state index in [1.165, 1.54) is 276 Å². The van der Waals surface area contributed by atoms with E-state index in [-0.39, 0.29) is 28.3 Å². The minimum atomic E-state index is -2.16. The summed E-state index contributed by atoms with van der Waals surface area (Å²) in [4.78, 5) is 53.3. The Morgan fingerprint density at radius 3 is 1.05 bits per heavy atom. The molecule has 81 heavy (non-hydrogen) atoms. The summed E-state index contributed by atoms with van der Waals surface area (Å²) in [6.45, 7) is 2.35. The number of carboxylic acids is 3. The first kappa shape index (κ1) is 67.8. The van der Waals surface area contributed by atoms with Crippen LogP contribution in [0.25, 0.3) is 37.9 Å². The lowest BCUT2D eigenvalue weighted by Gasteiger charge is -2.37. The molecule has 0 saturated heterocycles. The SMILES string of the molecule is CCCCCCCCCCCCCCCCCCCCCCCCCCCCCCCCCCCCCCCCCCCCCCCCOC(=O)C1(Br)c2c3cccc4cccc(c5ccc(C(=O)O)c(c25)=C(C(=O)O)C1C(=O)O)c43. The number of aliphatic carboxylic acids is 2. The fourth-order valence-electron chi connectivity index (χ4n) is 13.3. The van der Waals surface area contributed by atoms with Crippen LogP contribution >= 0.6 is 15.9 Å². The third-order valence-electron chi connectivity index (χ3n) is 18.0. The normalized spacial score (nSPS) is 15.1. The number of unbranched alkanes of at least 4 members (excludes halogenated alkanes) is 45. The predicted molar refractivity (Wildman–Crippen MR) is 343 cm³/mol. The molecule has 0 spiro atoms. The number of carbonyl (C=O) groups is 4. The van der Waals surface area contributed by atoms with Crippen LogP contribution < -0.4 is 5.22 Å². The zero-order valence-corrected chi connectivity index (χ0v) is 52.3. The Kier molecular flexibility index (Phi) is 33.7. The number of rotatable bonds is 51. The lowest BCUT2D eigenvalue weighted by Crippen LogP contribution is -2.50. The average molecular weight is 1180 g/mol. The van der Waals surface area contributed by atoms with Crippen molar-refractivity contribution in [3.05, 3.63) is 64.9 Å². The molecular formula is C72H109BrO8. The maximum atomic E-state index is 14.4. The van der Waals surface area contributed by atoms with E-state index in [0.717, 1.165) is 35.4 Å². The third-order valence-corrected chi connectivity index (χ3v) is 19.2. The van der Waals surface area contributed by atoms with Gasteiger partial charge in [-0.3, -0.25) is 9.59 Å². The number of hydrogen-bond donors (Lipinski definition) is 3. The van der Waals surface area contributed by atoms with Gasteiger partial charge in [0.05, 0.1) is 17.7 Å². The number of fused-ring (bicyclic) bond motifs is 2. The first-order chi connectivity index (χ1) is 39.6. The van der Waals surface area contributed by atoms with Crippen molar-refractivity contribution < 1.29 is 39.2 Å². The fourth-order valence-corrected chi connectivity index (χ4v) is 14.2. The summed E-state index contributed by atoms with van der Waals surface area (Å²) in [5.74, 6) is -7.50. The average Bonchev–Trinajstić information content (AvgIpc) is 1.18. The molecule has 1 aliphatic carbocycles. The molecule has 3 N–H and O–H groups in total. The van der Waals surface area contributed by atoms with Crippen molar-refractivity contribution in [1.82, 2.24) is 0 Å². The van der Waals surface area contributed by atoms with Crippen LogP contribution in [0.15, 0.2) is 48.5 Å². The van der Waals surface area contributed by atoms with Gasteiger partial charge >= 0.3 is 23.9 Å². The summed E-state index contributed by atoms with van der Waals surface area (Å²) in [5.41, 5.74) is -0.810. The summed E-state index contributed by atoms with van der Waals surface area (Å²) in [7, 11) is 0. The van der Waals surface area contributed by atoms with Crippen molar-refractivity contribution in [2.24, 2.45) is 5.92 Å². The van der Waals surface area contributed by atoms with Gasteiger partial charge in [-0.25, -0.2) is 9.59 Å². The van der Waals surface area contributed by atoms with Gasteiger partial charge in [0.2, 0.25) is 0 Å². The maximum absolute atomic E-state index is 14.4. The minimum Gasteiger partial charge on any atom is -0.481 e. The number of aromatic carboxylic acids is 1. The van der Waals surface area contributed by atoms with Crippen LogP contribution in [-0.4, -0.2) is 45.8 Å². The number of carbonyl (C=O) groups excluding carboxylic acids is 1. The first-order valence-corrected chi connectivity index (χ1v) is 34.4. The molecule has 2 atom stereocenters. The van der Waals surface area contributed by atoms with Crippen LogP contribution in [0.3, 0.4) is 0 Å².